The van der Waals surface area contributed by atoms with Crippen molar-refractivity contribution in [3.8, 4) is 0 Å². The molecule has 1 aromatic carbocycles. The molecule has 23 heavy (non-hydrogen) atoms. The topological polar surface area (TPSA) is 26.8 Å². The predicted molar refractivity (Wildman–Crippen MR) is 98.8 cm³/mol. The normalized spacial score (nSPS) is 22.6. The van der Waals surface area contributed by atoms with Crippen molar-refractivity contribution in [2.75, 3.05) is 40.3 Å². The lowest BCUT2D eigenvalue weighted by Crippen LogP contribution is -2.58. The Hall–Kier alpha value is -0.910. The molecule has 5 heteroatoms. The number of halogens is 1. The highest BCUT2D eigenvalue weighted by Crippen LogP contribution is 2.20. The summed E-state index contributed by atoms with van der Waals surface area (Å²) >= 11 is 3.44. The number of carbonyl (C=O) groups is 1. The molecule has 0 N–H and O–H groups in total. The van der Waals surface area contributed by atoms with E-state index in [1.165, 1.54) is 6.42 Å². The van der Waals surface area contributed by atoms with Gasteiger partial charge in [-0.15, -0.1) is 0 Å². The minimum absolute atomic E-state index is 0.137. The van der Waals surface area contributed by atoms with Crippen LogP contribution in [0.4, 0.5) is 0 Å². The number of rotatable bonds is 5. The van der Waals surface area contributed by atoms with E-state index in [0.717, 1.165) is 36.2 Å². The molecule has 128 valence electrons. The van der Waals surface area contributed by atoms with Crippen LogP contribution in [0.2, 0.25) is 0 Å². The van der Waals surface area contributed by atoms with E-state index in [0.29, 0.717) is 12.1 Å². The molecule has 1 aliphatic heterocycles. The van der Waals surface area contributed by atoms with Gasteiger partial charge >= 0.3 is 0 Å². The Labute approximate surface area is 148 Å². The van der Waals surface area contributed by atoms with Gasteiger partial charge in [0.1, 0.15) is 0 Å². The molecule has 0 bridgehead atoms. The summed E-state index contributed by atoms with van der Waals surface area (Å²) in [5, 5.41) is 0. The van der Waals surface area contributed by atoms with Gasteiger partial charge in [-0.05, 0) is 59.1 Å². The van der Waals surface area contributed by atoms with Crippen molar-refractivity contribution < 1.29 is 4.79 Å². The Kier molecular flexibility index (Phi) is 6.62. The van der Waals surface area contributed by atoms with E-state index in [9.17, 15) is 4.79 Å². The summed E-state index contributed by atoms with van der Waals surface area (Å²) in [5.74, 6) is 0.137. The van der Waals surface area contributed by atoms with Crippen LogP contribution < -0.4 is 0 Å². The number of carbonyl (C=O) groups excluding carboxylic acids is 1. The van der Waals surface area contributed by atoms with Crippen molar-refractivity contribution in [2.24, 2.45) is 0 Å². The second-order valence-corrected chi connectivity index (χ2v) is 7.73. The first-order valence-electron chi connectivity index (χ1n) is 8.34. The fraction of sp³-hybridized carbons (Fsp3) is 0.611. The van der Waals surface area contributed by atoms with Crippen LogP contribution in [0, 0.1) is 0 Å². The van der Waals surface area contributed by atoms with E-state index >= 15 is 0 Å². The van der Waals surface area contributed by atoms with E-state index in [1.807, 2.05) is 29.2 Å². The van der Waals surface area contributed by atoms with Gasteiger partial charge in [-0.1, -0.05) is 22.0 Å². The zero-order valence-electron chi connectivity index (χ0n) is 14.6. The molecule has 2 unspecified atom stereocenters. The highest BCUT2D eigenvalue weighted by atomic mass is 79.9. The molecule has 1 aliphatic rings. The minimum atomic E-state index is 0.137. The second-order valence-electron chi connectivity index (χ2n) is 6.81. The van der Waals surface area contributed by atoms with E-state index in [2.05, 4.69) is 53.7 Å². The minimum Gasteiger partial charge on any atom is -0.336 e. The van der Waals surface area contributed by atoms with Crippen molar-refractivity contribution in [3.63, 3.8) is 0 Å². The molecule has 4 nitrogen and oxygen atoms in total. The van der Waals surface area contributed by atoms with Crippen molar-refractivity contribution in [3.05, 3.63) is 34.3 Å². The van der Waals surface area contributed by atoms with Crippen LogP contribution in [0.1, 0.15) is 30.6 Å². The molecule has 1 amide bonds. The molecule has 2 atom stereocenters. The van der Waals surface area contributed by atoms with E-state index in [-0.39, 0.29) is 5.91 Å². The third kappa shape index (κ3) is 5.03. The van der Waals surface area contributed by atoms with Gasteiger partial charge < -0.3 is 9.80 Å². The summed E-state index contributed by atoms with van der Waals surface area (Å²) in [6, 6.07) is 8.47. The van der Waals surface area contributed by atoms with Crippen molar-refractivity contribution in [2.45, 2.75) is 32.4 Å². The van der Waals surface area contributed by atoms with Gasteiger partial charge in [0.2, 0.25) is 0 Å². The van der Waals surface area contributed by atoms with Gasteiger partial charge in [-0.3, -0.25) is 9.69 Å². The largest absolute Gasteiger partial charge is 0.336 e. The Morgan fingerprint density at radius 2 is 1.91 bits per heavy atom. The fourth-order valence-corrected chi connectivity index (χ4v) is 3.74. The summed E-state index contributed by atoms with van der Waals surface area (Å²) in [5.41, 5.74) is 0.764. The van der Waals surface area contributed by atoms with Crippen LogP contribution in [-0.2, 0) is 0 Å². The maximum absolute atomic E-state index is 12.7. The van der Waals surface area contributed by atoms with Gasteiger partial charge in [-0.2, -0.15) is 0 Å². The van der Waals surface area contributed by atoms with E-state index < -0.39 is 0 Å². The summed E-state index contributed by atoms with van der Waals surface area (Å²) in [4.78, 5) is 19.5. The van der Waals surface area contributed by atoms with Crippen LogP contribution in [0.5, 0.6) is 0 Å². The quantitative estimate of drug-likeness (QED) is 0.784. The first-order valence-corrected chi connectivity index (χ1v) is 9.13. The SMILES string of the molecule is CC1CN(C(=O)c2cccc(Br)c2)CC(C)N1CCCN(C)C. The summed E-state index contributed by atoms with van der Waals surface area (Å²) in [6.45, 7) is 8.27. The molecule has 0 radical (unpaired) electrons. The number of hydrogen-bond acceptors (Lipinski definition) is 3. The Morgan fingerprint density at radius 3 is 2.48 bits per heavy atom. The van der Waals surface area contributed by atoms with Gasteiger partial charge in [-0.25, -0.2) is 0 Å². The highest BCUT2D eigenvalue weighted by Gasteiger charge is 2.31. The maximum atomic E-state index is 12.7. The van der Waals surface area contributed by atoms with Gasteiger partial charge in [0.15, 0.2) is 0 Å². The third-order valence-corrected chi connectivity index (χ3v) is 4.98. The molecule has 2 rings (SSSR count). The molecular formula is C18H28BrN3O. The van der Waals surface area contributed by atoms with Crippen LogP contribution in [0.25, 0.3) is 0 Å². The molecule has 0 aliphatic carbocycles. The highest BCUT2D eigenvalue weighted by molar-refractivity contribution is 9.10. The predicted octanol–water partition coefficient (Wildman–Crippen LogP) is 2.94. The van der Waals surface area contributed by atoms with Gasteiger partial charge in [0, 0.05) is 41.8 Å². The van der Waals surface area contributed by atoms with Gasteiger partial charge in [0.25, 0.3) is 5.91 Å². The zero-order valence-corrected chi connectivity index (χ0v) is 16.2. The summed E-state index contributed by atoms with van der Waals surface area (Å²) in [6.07, 6.45) is 1.17. The fourth-order valence-electron chi connectivity index (χ4n) is 3.34. The lowest BCUT2D eigenvalue weighted by atomic mass is 10.1. The first-order chi connectivity index (χ1) is 10.9. The van der Waals surface area contributed by atoms with Gasteiger partial charge in [0.05, 0.1) is 0 Å². The number of hydrogen-bond donors (Lipinski definition) is 0. The zero-order chi connectivity index (χ0) is 17.0. The smallest absolute Gasteiger partial charge is 0.253 e. The molecular weight excluding hydrogens is 354 g/mol. The van der Waals surface area contributed by atoms with E-state index in [4.69, 9.17) is 0 Å². The summed E-state index contributed by atoms with van der Waals surface area (Å²) in [7, 11) is 4.23. The Morgan fingerprint density at radius 1 is 1.26 bits per heavy atom. The van der Waals surface area contributed by atoms with Crippen molar-refractivity contribution in [1.82, 2.24) is 14.7 Å². The van der Waals surface area contributed by atoms with Crippen LogP contribution in [0.15, 0.2) is 28.7 Å². The number of nitrogens with zero attached hydrogens (tertiary/aromatic N) is 3. The molecule has 1 saturated heterocycles. The Bertz CT molecular complexity index is 523. The monoisotopic (exact) mass is 381 g/mol. The molecule has 1 heterocycles. The number of piperazine rings is 1. The van der Waals surface area contributed by atoms with Crippen molar-refractivity contribution in [1.29, 1.82) is 0 Å². The average molecular weight is 382 g/mol. The third-order valence-electron chi connectivity index (χ3n) is 4.48. The summed E-state index contributed by atoms with van der Waals surface area (Å²) < 4.78 is 0.951. The molecule has 0 aromatic heterocycles. The molecule has 0 spiro atoms. The Balaban J connectivity index is 1.97. The lowest BCUT2D eigenvalue weighted by Gasteiger charge is -2.44. The number of benzene rings is 1. The molecule has 1 aromatic rings. The number of amides is 1. The van der Waals surface area contributed by atoms with Crippen LogP contribution >= 0.6 is 15.9 Å². The lowest BCUT2D eigenvalue weighted by molar-refractivity contribution is 0.0295. The molecule has 1 fully saturated rings. The maximum Gasteiger partial charge on any atom is 0.253 e. The van der Waals surface area contributed by atoms with Crippen molar-refractivity contribution >= 4 is 21.8 Å². The average Bonchev–Trinajstić information content (AvgIpc) is 2.48. The molecule has 0 saturated carbocycles. The second kappa shape index (κ2) is 8.27. The first kappa shape index (κ1) is 18.4. The van der Waals surface area contributed by atoms with Crippen LogP contribution in [-0.4, -0.2) is 73.0 Å². The van der Waals surface area contributed by atoms with Crippen LogP contribution in [0.3, 0.4) is 0 Å². The van der Waals surface area contributed by atoms with E-state index in [1.54, 1.807) is 0 Å². The standard InChI is InChI=1S/C18H28BrN3O/c1-14-12-21(18(23)16-7-5-8-17(19)11-16)13-15(2)22(14)10-6-9-20(3)4/h5,7-8,11,14-15H,6,9-10,12-13H2,1-4H3.